The molecule has 1 saturated heterocycles. The normalized spacial score (nSPS) is 36.0. The van der Waals surface area contributed by atoms with E-state index in [1.165, 1.54) is 64.5 Å². The number of rotatable bonds is 4. The van der Waals surface area contributed by atoms with Crippen LogP contribution in [0.1, 0.15) is 58.3 Å². The maximum absolute atomic E-state index is 3.53. The summed E-state index contributed by atoms with van der Waals surface area (Å²) in [5.41, 5.74) is 0. The lowest BCUT2D eigenvalue weighted by Gasteiger charge is -2.32. The Kier molecular flexibility index (Phi) is 5.30. The Labute approximate surface area is 107 Å². The third kappa shape index (κ3) is 3.45. The van der Waals surface area contributed by atoms with Crippen LogP contribution in [0, 0.1) is 5.92 Å². The smallest absolute Gasteiger partial charge is 0.0249 e. The Morgan fingerprint density at radius 1 is 1.06 bits per heavy atom. The topological polar surface area (TPSA) is 15.3 Å². The zero-order valence-corrected chi connectivity index (χ0v) is 11.8. The van der Waals surface area contributed by atoms with Gasteiger partial charge in [-0.3, -0.25) is 4.90 Å². The molecule has 2 rings (SSSR count). The molecule has 2 fully saturated rings. The van der Waals surface area contributed by atoms with Crippen LogP contribution in [0.3, 0.4) is 0 Å². The molecule has 0 aromatic carbocycles. The van der Waals surface area contributed by atoms with E-state index in [9.17, 15) is 0 Å². The minimum absolute atomic E-state index is 0.762. The summed E-state index contributed by atoms with van der Waals surface area (Å²) in [6, 6.07) is 1.60. The number of nitrogens with zero attached hydrogens (tertiary/aromatic N) is 1. The maximum atomic E-state index is 3.53. The number of likely N-dealkylation sites (N-methyl/N-ethyl adjacent to an activating group) is 1. The Balaban J connectivity index is 1.85. The fourth-order valence-corrected chi connectivity index (χ4v) is 3.93. The Bertz CT molecular complexity index is 217. The average Bonchev–Trinajstić information content (AvgIpc) is 2.70. The summed E-state index contributed by atoms with van der Waals surface area (Å²) >= 11 is 0. The minimum atomic E-state index is 0.762. The standard InChI is InChI=1S/C15H30N2/c1-3-6-13-7-5-11-17(12-10-13)15-9-4-8-14(15)16-2/h13-16H,3-12H2,1-2H3. The number of nitrogens with one attached hydrogen (secondary N) is 1. The van der Waals surface area contributed by atoms with Gasteiger partial charge in [0.25, 0.3) is 0 Å². The first kappa shape index (κ1) is 13.4. The van der Waals surface area contributed by atoms with Crippen LogP contribution in [-0.2, 0) is 0 Å². The van der Waals surface area contributed by atoms with Crippen molar-refractivity contribution in [3.05, 3.63) is 0 Å². The molecule has 2 heteroatoms. The van der Waals surface area contributed by atoms with E-state index in [-0.39, 0.29) is 0 Å². The summed E-state index contributed by atoms with van der Waals surface area (Å²) in [7, 11) is 2.14. The lowest BCUT2D eigenvalue weighted by Crippen LogP contribution is -2.46. The van der Waals surface area contributed by atoms with Gasteiger partial charge in [0.1, 0.15) is 0 Å². The monoisotopic (exact) mass is 238 g/mol. The van der Waals surface area contributed by atoms with Gasteiger partial charge in [0.05, 0.1) is 0 Å². The van der Waals surface area contributed by atoms with Gasteiger partial charge in [-0.1, -0.05) is 26.2 Å². The molecule has 1 aliphatic heterocycles. The van der Waals surface area contributed by atoms with E-state index in [1.807, 2.05) is 0 Å². The molecule has 3 atom stereocenters. The van der Waals surface area contributed by atoms with Gasteiger partial charge in [0.15, 0.2) is 0 Å². The van der Waals surface area contributed by atoms with Crippen LogP contribution >= 0.6 is 0 Å². The Morgan fingerprint density at radius 3 is 2.71 bits per heavy atom. The summed E-state index contributed by atoms with van der Waals surface area (Å²) in [5.74, 6) is 1.01. The third-order valence-corrected chi connectivity index (χ3v) is 4.90. The van der Waals surface area contributed by atoms with Crippen LogP contribution in [0.15, 0.2) is 0 Å². The van der Waals surface area contributed by atoms with Crippen molar-refractivity contribution in [2.24, 2.45) is 5.92 Å². The first-order valence-corrected chi connectivity index (χ1v) is 7.76. The van der Waals surface area contributed by atoms with Crippen molar-refractivity contribution in [3.8, 4) is 0 Å². The zero-order valence-electron chi connectivity index (χ0n) is 11.8. The largest absolute Gasteiger partial charge is 0.315 e. The van der Waals surface area contributed by atoms with E-state index < -0.39 is 0 Å². The van der Waals surface area contributed by atoms with Crippen LogP contribution in [0.5, 0.6) is 0 Å². The van der Waals surface area contributed by atoms with E-state index in [0.717, 1.165) is 18.0 Å². The highest BCUT2D eigenvalue weighted by Crippen LogP contribution is 2.28. The van der Waals surface area contributed by atoms with Crippen molar-refractivity contribution in [3.63, 3.8) is 0 Å². The van der Waals surface area contributed by atoms with Crippen molar-refractivity contribution < 1.29 is 0 Å². The second-order valence-corrected chi connectivity index (χ2v) is 6.01. The van der Waals surface area contributed by atoms with Crippen LogP contribution in [-0.4, -0.2) is 37.1 Å². The summed E-state index contributed by atoms with van der Waals surface area (Å²) in [5, 5.41) is 3.53. The fourth-order valence-electron chi connectivity index (χ4n) is 3.93. The molecule has 0 amide bonds. The molecule has 100 valence electrons. The van der Waals surface area contributed by atoms with E-state index in [2.05, 4.69) is 24.2 Å². The molecule has 1 N–H and O–H groups in total. The van der Waals surface area contributed by atoms with E-state index in [0.29, 0.717) is 0 Å². The quantitative estimate of drug-likeness (QED) is 0.810. The highest BCUT2D eigenvalue weighted by atomic mass is 15.2. The SMILES string of the molecule is CCCC1CCCN(C2CCCC2NC)CC1. The number of hydrogen-bond donors (Lipinski definition) is 1. The molecule has 0 bridgehead atoms. The van der Waals surface area contributed by atoms with E-state index in [1.54, 1.807) is 0 Å². The van der Waals surface area contributed by atoms with E-state index >= 15 is 0 Å². The zero-order chi connectivity index (χ0) is 12.1. The van der Waals surface area contributed by atoms with Crippen LogP contribution in [0.2, 0.25) is 0 Å². The lowest BCUT2D eigenvalue weighted by molar-refractivity contribution is 0.179. The minimum Gasteiger partial charge on any atom is -0.315 e. The van der Waals surface area contributed by atoms with Crippen LogP contribution in [0.4, 0.5) is 0 Å². The van der Waals surface area contributed by atoms with Gasteiger partial charge in [-0.15, -0.1) is 0 Å². The molecule has 1 heterocycles. The molecule has 0 spiro atoms. The van der Waals surface area contributed by atoms with Crippen LogP contribution < -0.4 is 5.32 Å². The molecule has 0 aromatic rings. The summed E-state index contributed by atoms with van der Waals surface area (Å²) in [4.78, 5) is 2.80. The average molecular weight is 238 g/mol. The second kappa shape index (κ2) is 6.75. The lowest BCUT2D eigenvalue weighted by atomic mass is 9.96. The Hall–Kier alpha value is -0.0800. The van der Waals surface area contributed by atoms with Gasteiger partial charge < -0.3 is 5.32 Å². The Morgan fingerprint density at radius 2 is 1.94 bits per heavy atom. The van der Waals surface area contributed by atoms with E-state index in [4.69, 9.17) is 0 Å². The van der Waals surface area contributed by atoms with Crippen molar-refractivity contribution in [2.75, 3.05) is 20.1 Å². The first-order valence-electron chi connectivity index (χ1n) is 7.76. The van der Waals surface area contributed by atoms with Crippen molar-refractivity contribution >= 4 is 0 Å². The molecule has 17 heavy (non-hydrogen) atoms. The summed E-state index contributed by atoms with van der Waals surface area (Å²) in [6.07, 6.45) is 11.4. The van der Waals surface area contributed by atoms with Gasteiger partial charge in [0, 0.05) is 12.1 Å². The summed E-state index contributed by atoms with van der Waals surface area (Å²) in [6.45, 7) is 5.03. The molecule has 2 aliphatic rings. The second-order valence-electron chi connectivity index (χ2n) is 6.01. The van der Waals surface area contributed by atoms with Gasteiger partial charge in [-0.05, 0) is 58.2 Å². The van der Waals surface area contributed by atoms with Gasteiger partial charge >= 0.3 is 0 Å². The summed E-state index contributed by atoms with van der Waals surface area (Å²) < 4.78 is 0. The van der Waals surface area contributed by atoms with Crippen molar-refractivity contribution in [2.45, 2.75) is 70.4 Å². The van der Waals surface area contributed by atoms with Gasteiger partial charge in [0.2, 0.25) is 0 Å². The predicted molar refractivity (Wildman–Crippen MR) is 74.3 cm³/mol. The third-order valence-electron chi connectivity index (χ3n) is 4.90. The first-order chi connectivity index (χ1) is 8.35. The fraction of sp³-hybridized carbons (Fsp3) is 1.00. The molecule has 3 unspecified atom stereocenters. The molecule has 1 saturated carbocycles. The number of hydrogen-bond acceptors (Lipinski definition) is 2. The molecule has 0 aromatic heterocycles. The highest BCUT2D eigenvalue weighted by molar-refractivity contribution is 4.90. The molecule has 2 nitrogen and oxygen atoms in total. The number of likely N-dealkylation sites (tertiary alicyclic amines) is 1. The molecular weight excluding hydrogens is 208 g/mol. The molecular formula is C15H30N2. The van der Waals surface area contributed by atoms with Crippen LogP contribution in [0.25, 0.3) is 0 Å². The molecule has 1 aliphatic carbocycles. The van der Waals surface area contributed by atoms with Crippen molar-refractivity contribution in [1.29, 1.82) is 0 Å². The molecule has 0 radical (unpaired) electrons. The van der Waals surface area contributed by atoms with Gasteiger partial charge in [-0.25, -0.2) is 0 Å². The van der Waals surface area contributed by atoms with Gasteiger partial charge in [-0.2, -0.15) is 0 Å². The maximum Gasteiger partial charge on any atom is 0.0249 e. The van der Waals surface area contributed by atoms with Crippen molar-refractivity contribution in [1.82, 2.24) is 10.2 Å². The predicted octanol–water partition coefficient (Wildman–Crippen LogP) is 3.03. The highest BCUT2D eigenvalue weighted by Gasteiger charge is 2.31.